The van der Waals surface area contributed by atoms with Gasteiger partial charge < -0.3 is 15.8 Å². The van der Waals surface area contributed by atoms with Gasteiger partial charge in [-0.2, -0.15) is 0 Å². The first-order chi connectivity index (χ1) is 16.1. The predicted molar refractivity (Wildman–Crippen MR) is 129 cm³/mol. The Morgan fingerprint density at radius 1 is 1.09 bits per heavy atom. The third-order valence-electron chi connectivity index (χ3n) is 6.94. The van der Waals surface area contributed by atoms with E-state index in [1.807, 2.05) is 45.0 Å². The molecule has 34 heavy (non-hydrogen) atoms. The summed E-state index contributed by atoms with van der Waals surface area (Å²) in [7, 11) is 1.25. The summed E-state index contributed by atoms with van der Waals surface area (Å²) >= 11 is 0. The van der Waals surface area contributed by atoms with E-state index < -0.39 is 17.3 Å². The van der Waals surface area contributed by atoms with Gasteiger partial charge in [-0.05, 0) is 42.5 Å². The zero-order valence-electron chi connectivity index (χ0n) is 19.7. The second kappa shape index (κ2) is 7.32. The van der Waals surface area contributed by atoms with Crippen molar-refractivity contribution in [1.29, 1.82) is 0 Å². The van der Waals surface area contributed by atoms with E-state index in [-0.39, 0.29) is 29.0 Å². The highest BCUT2D eigenvalue weighted by Crippen LogP contribution is 2.57. The molecule has 0 aromatic heterocycles. The number of para-hydroxylation sites is 1. The number of hydrogen-bond donors (Lipinski definition) is 2. The summed E-state index contributed by atoms with van der Waals surface area (Å²) in [6.07, 6.45) is 0.757. The number of ketones is 1. The summed E-state index contributed by atoms with van der Waals surface area (Å²) < 4.78 is 5.16. The normalized spacial score (nSPS) is 23.1. The quantitative estimate of drug-likeness (QED) is 0.667. The lowest BCUT2D eigenvalue weighted by molar-refractivity contribution is -0.138. The monoisotopic (exact) mass is 457 g/mol. The third kappa shape index (κ3) is 2.86. The van der Waals surface area contributed by atoms with E-state index >= 15 is 0 Å². The van der Waals surface area contributed by atoms with Crippen LogP contribution in [0.2, 0.25) is 0 Å². The Bertz CT molecular complexity index is 1340. The number of aryl methyl sites for hydroxylation is 1. The van der Waals surface area contributed by atoms with Crippen LogP contribution in [-0.2, 0) is 24.5 Å². The van der Waals surface area contributed by atoms with Crippen molar-refractivity contribution in [1.82, 2.24) is 0 Å². The number of nitrogens with one attached hydrogen (secondary N) is 1. The number of allylic oxidation sites excluding steroid dienone is 1. The topological polar surface area (TPSA) is 102 Å². The highest BCUT2D eigenvalue weighted by Gasteiger charge is 2.62. The molecule has 0 fully saturated rings. The number of rotatable bonds is 2. The largest absolute Gasteiger partial charge is 0.466 e. The number of ether oxygens (including phenoxy) is 1. The van der Waals surface area contributed by atoms with Gasteiger partial charge in [-0.3, -0.25) is 14.5 Å². The molecule has 1 amide bonds. The van der Waals surface area contributed by atoms with Crippen LogP contribution in [0.3, 0.4) is 0 Å². The lowest BCUT2D eigenvalue weighted by Crippen LogP contribution is -2.54. The van der Waals surface area contributed by atoms with Crippen LogP contribution in [0.25, 0.3) is 0 Å². The fraction of sp³-hybridized carbons (Fsp3) is 0.296. The number of methoxy groups -OCH3 is 1. The number of carbonyl (C=O) groups excluding carboxylic acids is 3. The fourth-order valence-corrected chi connectivity index (χ4v) is 5.65. The molecule has 1 unspecified atom stereocenters. The minimum Gasteiger partial charge on any atom is -0.466 e. The van der Waals surface area contributed by atoms with Gasteiger partial charge in [-0.1, -0.05) is 44.2 Å². The zero-order valence-corrected chi connectivity index (χ0v) is 19.7. The summed E-state index contributed by atoms with van der Waals surface area (Å²) in [5.41, 5.74) is 8.46. The Morgan fingerprint density at radius 3 is 2.53 bits per heavy atom. The van der Waals surface area contributed by atoms with Crippen molar-refractivity contribution in [3.05, 3.63) is 82.3 Å². The molecule has 174 valence electrons. The SMILES string of the molecule is COC(=O)C1=C(N)N(c2cccc(C)c2)C2=C(C(=O)CC(C)(C)C2)C12C(=O)Nc1ccccc12. The molecular formula is C27H27N3O4. The first-order valence-corrected chi connectivity index (χ1v) is 11.2. The number of nitrogens with zero attached hydrogens (tertiary/aromatic N) is 1. The van der Waals surface area contributed by atoms with Crippen molar-refractivity contribution in [2.45, 2.75) is 39.0 Å². The van der Waals surface area contributed by atoms with Crippen LogP contribution >= 0.6 is 0 Å². The molecule has 1 spiro atoms. The number of amides is 1. The second-order valence-electron chi connectivity index (χ2n) is 9.94. The molecule has 2 aromatic rings. The number of fused-ring (bicyclic) bond motifs is 3. The molecule has 7 nitrogen and oxygen atoms in total. The van der Waals surface area contributed by atoms with Gasteiger partial charge in [0.1, 0.15) is 16.8 Å². The van der Waals surface area contributed by atoms with E-state index in [1.165, 1.54) is 7.11 Å². The van der Waals surface area contributed by atoms with E-state index in [0.717, 1.165) is 11.3 Å². The van der Waals surface area contributed by atoms with Crippen LogP contribution in [0.4, 0.5) is 11.4 Å². The van der Waals surface area contributed by atoms with Crippen molar-refractivity contribution < 1.29 is 19.1 Å². The number of esters is 1. The van der Waals surface area contributed by atoms with Gasteiger partial charge in [0.05, 0.1) is 7.11 Å². The van der Waals surface area contributed by atoms with E-state index in [2.05, 4.69) is 5.32 Å². The number of hydrogen-bond acceptors (Lipinski definition) is 6. The Labute approximate surface area is 198 Å². The summed E-state index contributed by atoms with van der Waals surface area (Å²) in [5, 5.41) is 2.88. The lowest BCUT2D eigenvalue weighted by Gasteiger charge is -2.47. The third-order valence-corrected chi connectivity index (χ3v) is 6.94. The standard InChI is InChI=1S/C27H27N3O4/c1-15-8-7-9-16(12-15)30-19-13-26(2,3)14-20(31)21(19)27(22(23(30)28)24(32)34-4)17-10-5-6-11-18(17)29-25(27)33/h5-12H,13-14,28H2,1-4H3,(H,29,33). The maximum atomic E-state index is 13.9. The number of anilines is 2. The van der Waals surface area contributed by atoms with Crippen LogP contribution in [0.15, 0.2) is 71.2 Å². The van der Waals surface area contributed by atoms with E-state index in [9.17, 15) is 14.4 Å². The fourth-order valence-electron chi connectivity index (χ4n) is 5.65. The molecule has 0 saturated carbocycles. The van der Waals surface area contributed by atoms with Crippen LogP contribution in [-0.4, -0.2) is 24.8 Å². The van der Waals surface area contributed by atoms with Crippen LogP contribution < -0.4 is 16.0 Å². The number of benzene rings is 2. The Balaban J connectivity index is 1.93. The highest BCUT2D eigenvalue weighted by molar-refractivity contribution is 6.23. The van der Waals surface area contributed by atoms with Gasteiger partial charge >= 0.3 is 5.97 Å². The van der Waals surface area contributed by atoms with Crippen molar-refractivity contribution >= 4 is 29.0 Å². The lowest BCUT2D eigenvalue weighted by atomic mass is 9.60. The van der Waals surface area contributed by atoms with Gasteiger partial charge in [-0.25, -0.2) is 4.79 Å². The minimum atomic E-state index is -1.67. The predicted octanol–water partition coefficient (Wildman–Crippen LogP) is 3.69. The molecule has 0 radical (unpaired) electrons. The van der Waals surface area contributed by atoms with Crippen LogP contribution in [0, 0.1) is 12.3 Å². The minimum absolute atomic E-state index is 0.0363. The number of nitrogens with two attached hydrogens (primary N) is 1. The molecular weight excluding hydrogens is 430 g/mol. The molecule has 3 N–H and O–H groups in total. The average Bonchev–Trinajstić information content (AvgIpc) is 3.04. The highest BCUT2D eigenvalue weighted by atomic mass is 16.5. The Kier molecular flexibility index (Phi) is 4.72. The van der Waals surface area contributed by atoms with E-state index in [0.29, 0.717) is 28.9 Å². The van der Waals surface area contributed by atoms with Crippen LogP contribution in [0.1, 0.15) is 37.8 Å². The average molecular weight is 458 g/mol. The maximum Gasteiger partial charge on any atom is 0.339 e. The molecule has 0 bridgehead atoms. The molecule has 2 aliphatic heterocycles. The van der Waals surface area contributed by atoms with Gasteiger partial charge in [-0.15, -0.1) is 0 Å². The molecule has 1 aliphatic carbocycles. The molecule has 2 heterocycles. The molecule has 5 rings (SSSR count). The van der Waals surface area contributed by atoms with Crippen LogP contribution in [0.5, 0.6) is 0 Å². The molecule has 0 saturated heterocycles. The maximum absolute atomic E-state index is 13.9. The molecule has 1 atom stereocenters. The molecule has 3 aliphatic rings. The van der Waals surface area contributed by atoms with Gasteiger partial charge in [0.15, 0.2) is 5.78 Å². The zero-order chi connectivity index (χ0) is 24.4. The van der Waals surface area contributed by atoms with Gasteiger partial charge in [0.2, 0.25) is 5.91 Å². The Morgan fingerprint density at radius 2 is 1.82 bits per heavy atom. The van der Waals surface area contributed by atoms with Crippen molar-refractivity contribution in [2.24, 2.45) is 11.1 Å². The summed E-state index contributed by atoms with van der Waals surface area (Å²) in [6.45, 7) is 6.00. The van der Waals surface area contributed by atoms with E-state index in [4.69, 9.17) is 10.5 Å². The van der Waals surface area contributed by atoms with E-state index in [1.54, 1.807) is 29.2 Å². The molecule has 2 aromatic carbocycles. The van der Waals surface area contributed by atoms with Crippen molar-refractivity contribution in [2.75, 3.05) is 17.3 Å². The first kappa shape index (κ1) is 21.9. The smallest absolute Gasteiger partial charge is 0.339 e. The van der Waals surface area contributed by atoms with Gasteiger partial charge in [0.25, 0.3) is 0 Å². The van der Waals surface area contributed by atoms with Gasteiger partial charge in [0, 0.05) is 34.6 Å². The summed E-state index contributed by atoms with van der Waals surface area (Å²) in [5.74, 6) is -1.30. The number of Topliss-reactive ketones (excluding diaryl/α,β-unsaturated/α-hetero) is 1. The van der Waals surface area contributed by atoms with Crippen molar-refractivity contribution in [3.8, 4) is 0 Å². The summed E-state index contributed by atoms with van der Waals surface area (Å²) in [4.78, 5) is 42.8. The first-order valence-electron chi connectivity index (χ1n) is 11.2. The Hall–Kier alpha value is -3.87. The summed E-state index contributed by atoms with van der Waals surface area (Å²) in [6, 6.07) is 14.8. The molecule has 7 heteroatoms. The van der Waals surface area contributed by atoms with Crippen molar-refractivity contribution in [3.63, 3.8) is 0 Å². The second-order valence-corrected chi connectivity index (χ2v) is 9.94. The number of carbonyl (C=O) groups is 3.